The van der Waals surface area contributed by atoms with Crippen LogP contribution in [0.1, 0.15) is 51.0 Å². The van der Waals surface area contributed by atoms with Gasteiger partial charge in [-0.25, -0.2) is 0 Å². The molecule has 0 amide bonds. The van der Waals surface area contributed by atoms with Crippen molar-refractivity contribution in [2.45, 2.75) is 57.7 Å². The first-order valence-corrected chi connectivity index (χ1v) is 6.67. The van der Waals surface area contributed by atoms with Crippen molar-refractivity contribution in [2.75, 3.05) is 0 Å². The third-order valence-electron chi connectivity index (χ3n) is 3.93. The van der Waals surface area contributed by atoms with Crippen molar-refractivity contribution in [1.82, 2.24) is 0 Å². The summed E-state index contributed by atoms with van der Waals surface area (Å²) in [4.78, 5) is 0. The number of aromatic hydroxyl groups is 1. The summed E-state index contributed by atoms with van der Waals surface area (Å²) in [5.41, 5.74) is 0.950. The minimum Gasteiger partial charge on any atom is -0.508 e. The average Bonchev–Trinajstić information content (AvgIpc) is 2.39. The molecular formula is C15H22O2. The summed E-state index contributed by atoms with van der Waals surface area (Å²) >= 11 is 0. The lowest BCUT2D eigenvalue weighted by molar-refractivity contribution is -0.0831. The van der Waals surface area contributed by atoms with Crippen LogP contribution in [-0.2, 0) is 11.3 Å². The van der Waals surface area contributed by atoms with Gasteiger partial charge in [0.15, 0.2) is 0 Å². The minimum absolute atomic E-state index is 0.0561. The molecule has 0 spiro atoms. The van der Waals surface area contributed by atoms with Crippen molar-refractivity contribution < 1.29 is 9.84 Å². The number of phenols is 1. The summed E-state index contributed by atoms with van der Waals surface area (Å²) in [6, 6.07) is 7.44. The third kappa shape index (κ3) is 3.01. The fourth-order valence-corrected chi connectivity index (χ4v) is 2.66. The second-order valence-electron chi connectivity index (χ2n) is 5.01. The van der Waals surface area contributed by atoms with Gasteiger partial charge in [0.2, 0.25) is 0 Å². The molecule has 1 aliphatic carbocycles. The maximum absolute atomic E-state index is 9.72. The molecule has 0 bridgehead atoms. The molecule has 1 aromatic rings. The van der Waals surface area contributed by atoms with E-state index in [9.17, 15) is 5.11 Å². The Morgan fingerprint density at radius 1 is 1.18 bits per heavy atom. The van der Waals surface area contributed by atoms with Gasteiger partial charge < -0.3 is 9.84 Å². The van der Waals surface area contributed by atoms with Crippen LogP contribution in [0.15, 0.2) is 24.3 Å². The van der Waals surface area contributed by atoms with Gasteiger partial charge in [-0.1, -0.05) is 44.4 Å². The molecule has 2 nitrogen and oxygen atoms in total. The molecule has 0 atom stereocenters. The molecule has 0 heterocycles. The van der Waals surface area contributed by atoms with Crippen molar-refractivity contribution in [3.8, 4) is 5.75 Å². The van der Waals surface area contributed by atoms with E-state index in [0.717, 1.165) is 24.8 Å². The number of para-hydroxylation sites is 1. The highest BCUT2D eigenvalue weighted by molar-refractivity contribution is 5.31. The van der Waals surface area contributed by atoms with Crippen LogP contribution >= 0.6 is 0 Å². The average molecular weight is 234 g/mol. The first-order chi connectivity index (χ1) is 8.26. The van der Waals surface area contributed by atoms with Crippen LogP contribution in [-0.4, -0.2) is 10.7 Å². The van der Waals surface area contributed by atoms with Gasteiger partial charge >= 0.3 is 0 Å². The van der Waals surface area contributed by atoms with Gasteiger partial charge in [0.05, 0.1) is 12.2 Å². The first kappa shape index (κ1) is 12.4. The standard InChI is InChI=1S/C15H22O2/c1-2-15(10-6-3-7-11-15)17-12-13-8-4-5-9-14(13)16/h4-5,8-9,16H,2-3,6-7,10-12H2,1H3. The molecule has 1 aliphatic rings. The molecule has 1 saturated carbocycles. The Bertz CT molecular complexity index is 354. The van der Waals surface area contributed by atoms with Crippen molar-refractivity contribution >= 4 is 0 Å². The SMILES string of the molecule is CCC1(OCc2ccccc2O)CCCCC1. The molecule has 2 heteroatoms. The summed E-state index contributed by atoms with van der Waals surface area (Å²) in [5.74, 6) is 0.342. The number of hydrogen-bond donors (Lipinski definition) is 1. The smallest absolute Gasteiger partial charge is 0.121 e. The van der Waals surface area contributed by atoms with Crippen LogP contribution in [0, 0.1) is 0 Å². The van der Waals surface area contributed by atoms with E-state index in [1.54, 1.807) is 6.07 Å². The van der Waals surface area contributed by atoms with Crippen LogP contribution in [0.3, 0.4) is 0 Å². The fourth-order valence-electron chi connectivity index (χ4n) is 2.66. The molecule has 0 saturated heterocycles. The second kappa shape index (κ2) is 5.54. The summed E-state index contributed by atoms with van der Waals surface area (Å²) in [7, 11) is 0. The Morgan fingerprint density at radius 2 is 1.88 bits per heavy atom. The van der Waals surface area contributed by atoms with E-state index in [-0.39, 0.29) is 5.60 Å². The van der Waals surface area contributed by atoms with Crippen molar-refractivity contribution in [3.63, 3.8) is 0 Å². The molecule has 94 valence electrons. The molecule has 1 N–H and O–H groups in total. The van der Waals surface area contributed by atoms with Gasteiger partial charge in [-0.3, -0.25) is 0 Å². The predicted molar refractivity (Wildman–Crippen MR) is 69.0 cm³/mol. The predicted octanol–water partition coefficient (Wildman–Crippen LogP) is 4.02. The summed E-state index contributed by atoms with van der Waals surface area (Å²) in [6.07, 6.45) is 7.28. The lowest BCUT2D eigenvalue weighted by Gasteiger charge is -2.36. The molecule has 2 rings (SSSR count). The van der Waals surface area contributed by atoms with Gasteiger partial charge in [0, 0.05) is 5.56 Å². The van der Waals surface area contributed by atoms with Crippen molar-refractivity contribution in [3.05, 3.63) is 29.8 Å². The van der Waals surface area contributed by atoms with E-state index in [2.05, 4.69) is 6.92 Å². The van der Waals surface area contributed by atoms with Crippen LogP contribution in [0.5, 0.6) is 5.75 Å². The van der Waals surface area contributed by atoms with E-state index >= 15 is 0 Å². The Kier molecular flexibility index (Phi) is 4.06. The quantitative estimate of drug-likeness (QED) is 0.852. The molecule has 17 heavy (non-hydrogen) atoms. The topological polar surface area (TPSA) is 29.5 Å². The number of benzene rings is 1. The zero-order chi connectivity index (χ0) is 12.1. The Hall–Kier alpha value is -1.02. The third-order valence-corrected chi connectivity index (χ3v) is 3.93. The normalized spacial score (nSPS) is 19.1. The fraction of sp³-hybridized carbons (Fsp3) is 0.600. The highest BCUT2D eigenvalue weighted by Gasteiger charge is 2.31. The zero-order valence-corrected chi connectivity index (χ0v) is 10.6. The summed E-state index contributed by atoms with van der Waals surface area (Å²) in [5, 5.41) is 9.72. The lowest BCUT2D eigenvalue weighted by Crippen LogP contribution is -2.34. The minimum atomic E-state index is 0.0561. The summed E-state index contributed by atoms with van der Waals surface area (Å²) in [6.45, 7) is 2.73. The number of ether oxygens (including phenoxy) is 1. The van der Waals surface area contributed by atoms with Gasteiger partial charge in [0.25, 0.3) is 0 Å². The van der Waals surface area contributed by atoms with Gasteiger partial charge in [-0.2, -0.15) is 0 Å². The lowest BCUT2D eigenvalue weighted by atomic mass is 9.83. The van der Waals surface area contributed by atoms with Gasteiger partial charge in [-0.15, -0.1) is 0 Å². The molecule has 1 aromatic carbocycles. The maximum atomic E-state index is 9.72. The highest BCUT2D eigenvalue weighted by atomic mass is 16.5. The van der Waals surface area contributed by atoms with Crippen LogP contribution in [0.4, 0.5) is 0 Å². The first-order valence-electron chi connectivity index (χ1n) is 6.67. The highest BCUT2D eigenvalue weighted by Crippen LogP contribution is 2.35. The number of hydrogen-bond acceptors (Lipinski definition) is 2. The molecule has 0 aromatic heterocycles. The molecule has 0 aliphatic heterocycles. The Labute approximate surface area is 104 Å². The summed E-state index contributed by atoms with van der Waals surface area (Å²) < 4.78 is 6.13. The van der Waals surface area contributed by atoms with E-state index in [0.29, 0.717) is 12.4 Å². The zero-order valence-electron chi connectivity index (χ0n) is 10.6. The van der Waals surface area contributed by atoms with E-state index in [1.807, 2.05) is 18.2 Å². The Morgan fingerprint density at radius 3 is 2.53 bits per heavy atom. The maximum Gasteiger partial charge on any atom is 0.121 e. The van der Waals surface area contributed by atoms with Crippen molar-refractivity contribution in [2.24, 2.45) is 0 Å². The van der Waals surface area contributed by atoms with Crippen LogP contribution in [0.25, 0.3) is 0 Å². The van der Waals surface area contributed by atoms with E-state index in [4.69, 9.17) is 4.74 Å². The molecule has 1 fully saturated rings. The molecule has 0 radical (unpaired) electrons. The molecule has 0 unspecified atom stereocenters. The molecular weight excluding hydrogens is 212 g/mol. The second-order valence-corrected chi connectivity index (χ2v) is 5.01. The number of rotatable bonds is 4. The van der Waals surface area contributed by atoms with Gasteiger partial charge in [-0.05, 0) is 25.3 Å². The van der Waals surface area contributed by atoms with Gasteiger partial charge in [0.1, 0.15) is 5.75 Å². The van der Waals surface area contributed by atoms with E-state index < -0.39 is 0 Å². The van der Waals surface area contributed by atoms with E-state index in [1.165, 1.54) is 19.3 Å². The number of phenolic OH excluding ortho intramolecular Hbond substituents is 1. The van der Waals surface area contributed by atoms with Crippen molar-refractivity contribution in [1.29, 1.82) is 0 Å². The Balaban J connectivity index is 1.98. The monoisotopic (exact) mass is 234 g/mol. The van der Waals surface area contributed by atoms with Crippen LogP contribution < -0.4 is 0 Å². The van der Waals surface area contributed by atoms with Crippen LogP contribution in [0.2, 0.25) is 0 Å². The largest absolute Gasteiger partial charge is 0.508 e.